The maximum absolute atomic E-state index is 12.3. The molecule has 0 unspecified atom stereocenters. The maximum atomic E-state index is 12.3. The molecule has 22 heavy (non-hydrogen) atoms. The first-order valence-corrected chi connectivity index (χ1v) is 7.39. The van der Waals surface area contributed by atoms with Gasteiger partial charge in [0.05, 0.1) is 11.1 Å². The number of nitrogens with zero attached hydrogens (tertiary/aromatic N) is 1. The van der Waals surface area contributed by atoms with Gasteiger partial charge in [-0.3, -0.25) is 14.5 Å². The third kappa shape index (κ3) is 2.75. The molecule has 0 aromatic heterocycles. The molecule has 1 heterocycles. The first kappa shape index (κ1) is 14.8. The van der Waals surface area contributed by atoms with Crippen LogP contribution < -0.4 is 5.73 Å². The fourth-order valence-electron chi connectivity index (χ4n) is 2.67. The average Bonchev–Trinajstić information content (AvgIpc) is 2.73. The molecule has 3 rings (SSSR count). The number of carbonyl (C=O) groups is 2. The van der Waals surface area contributed by atoms with Crippen molar-refractivity contribution in [3.8, 4) is 0 Å². The minimum Gasteiger partial charge on any atom is -0.326 e. The molecule has 0 saturated heterocycles. The van der Waals surface area contributed by atoms with Gasteiger partial charge in [0.15, 0.2) is 0 Å². The number of carbonyl (C=O) groups excluding carboxylic acids is 2. The molecule has 0 saturated carbocycles. The third-order valence-corrected chi connectivity index (χ3v) is 3.92. The molecule has 0 bridgehead atoms. The molecule has 1 atom stereocenters. The molecule has 1 aliphatic rings. The van der Waals surface area contributed by atoms with E-state index in [0.717, 1.165) is 5.56 Å². The van der Waals surface area contributed by atoms with E-state index < -0.39 is 0 Å². The highest BCUT2D eigenvalue weighted by Gasteiger charge is 2.35. The number of hydrogen-bond donors (Lipinski definition) is 1. The molecule has 0 fully saturated rings. The summed E-state index contributed by atoms with van der Waals surface area (Å²) in [4.78, 5) is 25.8. The first-order valence-electron chi connectivity index (χ1n) is 7.01. The molecule has 5 heteroatoms. The second-order valence-corrected chi connectivity index (χ2v) is 5.80. The number of rotatable bonds is 4. The monoisotopic (exact) mass is 314 g/mol. The van der Waals surface area contributed by atoms with Crippen LogP contribution in [0, 0.1) is 0 Å². The number of nitrogens with two attached hydrogens (primary N) is 1. The molecule has 0 radical (unpaired) electrons. The molecule has 2 aromatic rings. The van der Waals surface area contributed by atoms with Gasteiger partial charge in [-0.2, -0.15) is 0 Å². The first-order chi connectivity index (χ1) is 10.6. The summed E-state index contributed by atoms with van der Waals surface area (Å²) in [5.74, 6) is -0.552. The third-order valence-electron chi connectivity index (χ3n) is 3.68. The summed E-state index contributed by atoms with van der Waals surface area (Å²) in [6.07, 6.45) is 0.550. The Kier molecular flexibility index (Phi) is 3.96. The predicted molar refractivity (Wildman–Crippen MR) is 84.9 cm³/mol. The fraction of sp³-hybridized carbons (Fsp3) is 0.176. The Bertz CT molecular complexity index is 710. The average molecular weight is 315 g/mol. The van der Waals surface area contributed by atoms with Crippen molar-refractivity contribution in [3.63, 3.8) is 0 Å². The number of amides is 2. The zero-order chi connectivity index (χ0) is 15.7. The summed E-state index contributed by atoms with van der Waals surface area (Å²) < 4.78 is 0. The van der Waals surface area contributed by atoms with E-state index in [-0.39, 0.29) is 24.4 Å². The van der Waals surface area contributed by atoms with Crippen molar-refractivity contribution >= 4 is 23.4 Å². The number of benzene rings is 2. The summed E-state index contributed by atoms with van der Waals surface area (Å²) in [5.41, 5.74) is 7.98. The van der Waals surface area contributed by atoms with E-state index in [1.807, 2.05) is 18.2 Å². The van der Waals surface area contributed by atoms with E-state index in [2.05, 4.69) is 0 Å². The van der Waals surface area contributed by atoms with E-state index in [9.17, 15) is 9.59 Å². The number of imide groups is 1. The molecule has 0 aliphatic carbocycles. The number of hydrogen-bond acceptors (Lipinski definition) is 3. The van der Waals surface area contributed by atoms with Crippen molar-refractivity contribution in [3.05, 3.63) is 70.2 Å². The van der Waals surface area contributed by atoms with Gasteiger partial charge in [0, 0.05) is 17.6 Å². The summed E-state index contributed by atoms with van der Waals surface area (Å²) >= 11 is 5.95. The number of fused-ring (bicyclic) bond motifs is 1. The Labute approximate surface area is 133 Å². The summed E-state index contributed by atoms with van der Waals surface area (Å²) in [6, 6.07) is 13.9. The summed E-state index contributed by atoms with van der Waals surface area (Å²) in [7, 11) is 0. The van der Waals surface area contributed by atoms with E-state index >= 15 is 0 Å². The van der Waals surface area contributed by atoms with Crippen molar-refractivity contribution in [2.45, 2.75) is 12.5 Å². The van der Waals surface area contributed by atoms with Gasteiger partial charge in [-0.1, -0.05) is 35.9 Å². The standard InChI is InChI=1S/C17H15ClN2O2/c18-12-5-3-4-11(8-12)9-13(19)10-20-16(21)14-6-1-2-7-15(14)17(20)22/h1-8,13H,9-10,19H2/t13-/m1/s1. The summed E-state index contributed by atoms with van der Waals surface area (Å²) in [5, 5.41) is 0.644. The van der Waals surface area contributed by atoms with Crippen LogP contribution in [-0.4, -0.2) is 29.3 Å². The lowest BCUT2D eigenvalue weighted by Gasteiger charge is -2.19. The Hall–Kier alpha value is -2.17. The Morgan fingerprint density at radius 2 is 1.64 bits per heavy atom. The van der Waals surface area contributed by atoms with Crippen molar-refractivity contribution in [1.29, 1.82) is 0 Å². The lowest BCUT2D eigenvalue weighted by atomic mass is 10.1. The predicted octanol–water partition coefficient (Wildman–Crippen LogP) is 2.51. The van der Waals surface area contributed by atoms with Crippen molar-refractivity contribution in [1.82, 2.24) is 4.90 Å². The van der Waals surface area contributed by atoms with Crippen LogP contribution in [0.3, 0.4) is 0 Å². The van der Waals surface area contributed by atoms with E-state index in [4.69, 9.17) is 17.3 Å². The van der Waals surface area contributed by atoms with Gasteiger partial charge in [-0.25, -0.2) is 0 Å². The minimum absolute atomic E-state index is 0.193. The van der Waals surface area contributed by atoms with Crippen molar-refractivity contribution in [2.75, 3.05) is 6.54 Å². The van der Waals surface area contributed by atoms with E-state index in [0.29, 0.717) is 22.6 Å². The van der Waals surface area contributed by atoms with Gasteiger partial charge >= 0.3 is 0 Å². The molecule has 2 N–H and O–H groups in total. The molecular formula is C17H15ClN2O2. The van der Waals surface area contributed by atoms with Gasteiger partial charge in [0.1, 0.15) is 0 Å². The van der Waals surface area contributed by atoms with Gasteiger partial charge in [0.2, 0.25) is 0 Å². The van der Waals surface area contributed by atoms with Crippen LogP contribution in [0.2, 0.25) is 5.02 Å². The van der Waals surface area contributed by atoms with Crippen LogP contribution in [0.25, 0.3) is 0 Å². The second-order valence-electron chi connectivity index (χ2n) is 5.36. The molecule has 2 aromatic carbocycles. The van der Waals surface area contributed by atoms with Gasteiger partial charge in [-0.15, -0.1) is 0 Å². The highest BCUT2D eigenvalue weighted by Crippen LogP contribution is 2.22. The quantitative estimate of drug-likeness (QED) is 0.882. The largest absolute Gasteiger partial charge is 0.326 e. The summed E-state index contributed by atoms with van der Waals surface area (Å²) in [6.45, 7) is 0.193. The Balaban J connectivity index is 1.72. The van der Waals surface area contributed by atoms with Crippen LogP contribution >= 0.6 is 11.6 Å². The van der Waals surface area contributed by atoms with Crippen LogP contribution in [0.15, 0.2) is 48.5 Å². The van der Waals surface area contributed by atoms with Gasteiger partial charge < -0.3 is 5.73 Å². The SMILES string of the molecule is N[C@H](Cc1cccc(Cl)c1)CN1C(=O)c2ccccc2C1=O. The van der Waals surface area contributed by atoms with Crippen LogP contribution in [0.1, 0.15) is 26.3 Å². The highest BCUT2D eigenvalue weighted by molar-refractivity contribution is 6.30. The Morgan fingerprint density at radius 3 is 2.23 bits per heavy atom. The number of halogens is 1. The van der Waals surface area contributed by atoms with Gasteiger partial charge in [-0.05, 0) is 36.2 Å². The van der Waals surface area contributed by atoms with Crippen molar-refractivity contribution in [2.24, 2.45) is 5.73 Å². The zero-order valence-corrected chi connectivity index (χ0v) is 12.6. The minimum atomic E-state index is -0.333. The molecule has 1 aliphatic heterocycles. The highest BCUT2D eigenvalue weighted by atomic mass is 35.5. The lowest BCUT2D eigenvalue weighted by Crippen LogP contribution is -2.41. The molecule has 2 amide bonds. The normalized spacial score (nSPS) is 15.1. The Morgan fingerprint density at radius 1 is 1.00 bits per heavy atom. The van der Waals surface area contributed by atoms with Gasteiger partial charge in [0.25, 0.3) is 11.8 Å². The smallest absolute Gasteiger partial charge is 0.261 e. The lowest BCUT2D eigenvalue weighted by molar-refractivity contribution is 0.0644. The van der Waals surface area contributed by atoms with Crippen LogP contribution in [0.5, 0.6) is 0 Å². The van der Waals surface area contributed by atoms with Crippen LogP contribution in [-0.2, 0) is 6.42 Å². The second kappa shape index (κ2) is 5.91. The molecule has 4 nitrogen and oxygen atoms in total. The van der Waals surface area contributed by atoms with Crippen LogP contribution in [0.4, 0.5) is 0 Å². The van der Waals surface area contributed by atoms with E-state index in [1.54, 1.807) is 30.3 Å². The molecular weight excluding hydrogens is 300 g/mol. The van der Waals surface area contributed by atoms with Crippen molar-refractivity contribution < 1.29 is 9.59 Å². The zero-order valence-electron chi connectivity index (χ0n) is 11.8. The molecule has 112 valence electrons. The fourth-order valence-corrected chi connectivity index (χ4v) is 2.88. The molecule has 0 spiro atoms. The van der Waals surface area contributed by atoms with E-state index in [1.165, 1.54) is 4.90 Å². The topological polar surface area (TPSA) is 63.4 Å². The maximum Gasteiger partial charge on any atom is 0.261 e.